The fraction of sp³-hybridized carbons (Fsp3) is 0.143. The molecule has 1 saturated heterocycles. The maximum absolute atomic E-state index is 12.5. The standard InChI is InChI=1S/C21H16BrClN2O6S/c1-2-30-15-7-11(8-16-19(27)25(10-17(24)26)21(29)32-16)6-14(22)18(15)31-20(28)12-4-3-5-13(23)9-12/h3-9H,2,10H2,1H3,(H2,24,26)/b16-8-. The Labute approximate surface area is 200 Å². The van der Waals surface area contributed by atoms with Gasteiger partial charge >= 0.3 is 5.97 Å². The molecule has 0 bridgehead atoms. The highest BCUT2D eigenvalue weighted by Crippen LogP contribution is 2.39. The maximum Gasteiger partial charge on any atom is 0.343 e. The SMILES string of the molecule is CCOc1cc(/C=C2\SC(=O)N(CC(N)=O)C2=O)cc(Br)c1OC(=O)c1cccc(Cl)c1. The third-order valence-corrected chi connectivity index (χ3v) is 5.80. The lowest BCUT2D eigenvalue weighted by Crippen LogP contribution is -2.36. The minimum atomic E-state index is -0.791. The van der Waals surface area contributed by atoms with Gasteiger partial charge in [0.1, 0.15) is 6.54 Å². The van der Waals surface area contributed by atoms with Gasteiger partial charge in [-0.25, -0.2) is 4.79 Å². The molecule has 0 atom stereocenters. The molecule has 2 N–H and O–H groups in total. The third-order valence-electron chi connectivity index (χ3n) is 4.07. The summed E-state index contributed by atoms with van der Waals surface area (Å²) in [5, 5.41) is -0.194. The molecule has 32 heavy (non-hydrogen) atoms. The monoisotopic (exact) mass is 538 g/mol. The van der Waals surface area contributed by atoms with E-state index in [1.807, 2.05) is 0 Å². The van der Waals surface area contributed by atoms with E-state index in [4.69, 9.17) is 26.8 Å². The quantitative estimate of drug-likeness (QED) is 0.318. The minimum absolute atomic E-state index is 0.120. The van der Waals surface area contributed by atoms with Crippen molar-refractivity contribution in [1.29, 1.82) is 0 Å². The van der Waals surface area contributed by atoms with Crippen LogP contribution >= 0.6 is 39.3 Å². The number of carbonyl (C=O) groups excluding carboxylic acids is 4. The number of rotatable bonds is 7. The van der Waals surface area contributed by atoms with Crippen molar-refractivity contribution < 1.29 is 28.7 Å². The lowest BCUT2D eigenvalue weighted by atomic mass is 10.1. The van der Waals surface area contributed by atoms with Crippen LogP contribution in [0, 0.1) is 0 Å². The largest absolute Gasteiger partial charge is 0.490 e. The van der Waals surface area contributed by atoms with Crippen LogP contribution in [0.2, 0.25) is 5.02 Å². The predicted octanol–water partition coefficient (Wildman–Crippen LogP) is 4.24. The molecule has 1 aliphatic rings. The van der Waals surface area contributed by atoms with E-state index in [0.717, 1.165) is 4.90 Å². The van der Waals surface area contributed by atoms with Crippen molar-refractivity contribution in [2.45, 2.75) is 6.92 Å². The Balaban J connectivity index is 1.91. The molecule has 0 aromatic heterocycles. The summed E-state index contributed by atoms with van der Waals surface area (Å²) in [6.07, 6.45) is 1.47. The number of amides is 3. The Morgan fingerprint density at radius 1 is 1.25 bits per heavy atom. The third kappa shape index (κ3) is 5.50. The molecule has 166 valence electrons. The lowest BCUT2D eigenvalue weighted by Gasteiger charge is -2.14. The molecule has 3 rings (SSSR count). The average Bonchev–Trinajstić information content (AvgIpc) is 2.97. The van der Waals surface area contributed by atoms with E-state index >= 15 is 0 Å². The summed E-state index contributed by atoms with van der Waals surface area (Å²) >= 11 is 9.99. The summed E-state index contributed by atoms with van der Waals surface area (Å²) in [5.41, 5.74) is 5.86. The number of nitrogens with two attached hydrogens (primary N) is 1. The van der Waals surface area contributed by atoms with Crippen LogP contribution in [0.15, 0.2) is 45.8 Å². The molecule has 0 unspecified atom stereocenters. The van der Waals surface area contributed by atoms with E-state index in [1.165, 1.54) is 12.1 Å². The molecule has 0 aliphatic carbocycles. The Morgan fingerprint density at radius 2 is 2.00 bits per heavy atom. The molecule has 2 aromatic carbocycles. The summed E-state index contributed by atoms with van der Waals surface area (Å²) in [6, 6.07) is 9.49. The summed E-state index contributed by atoms with van der Waals surface area (Å²) < 4.78 is 11.5. The van der Waals surface area contributed by atoms with Crippen LogP contribution in [0.3, 0.4) is 0 Å². The fourth-order valence-corrected chi connectivity index (χ4v) is 4.31. The first-order chi connectivity index (χ1) is 15.2. The smallest absolute Gasteiger partial charge is 0.343 e. The van der Waals surface area contributed by atoms with Gasteiger partial charge < -0.3 is 15.2 Å². The van der Waals surface area contributed by atoms with Crippen molar-refractivity contribution in [1.82, 2.24) is 4.90 Å². The number of benzene rings is 2. The first-order valence-corrected chi connectivity index (χ1v) is 11.2. The highest BCUT2D eigenvalue weighted by Gasteiger charge is 2.36. The topological polar surface area (TPSA) is 116 Å². The predicted molar refractivity (Wildman–Crippen MR) is 124 cm³/mol. The van der Waals surface area contributed by atoms with Crippen molar-refractivity contribution in [3.8, 4) is 11.5 Å². The van der Waals surface area contributed by atoms with Gasteiger partial charge in [0, 0.05) is 5.02 Å². The molecule has 8 nitrogen and oxygen atoms in total. The Bertz CT molecular complexity index is 1150. The summed E-state index contributed by atoms with van der Waals surface area (Å²) in [7, 11) is 0. The number of ether oxygens (including phenoxy) is 2. The number of primary amides is 1. The van der Waals surface area contributed by atoms with E-state index in [9.17, 15) is 19.2 Å². The van der Waals surface area contributed by atoms with Gasteiger partial charge in [0.05, 0.1) is 21.5 Å². The number of halogens is 2. The van der Waals surface area contributed by atoms with Crippen LogP contribution in [0.4, 0.5) is 4.79 Å². The normalized spacial score (nSPS) is 14.7. The number of carbonyl (C=O) groups is 4. The molecule has 0 saturated carbocycles. The summed E-state index contributed by atoms with van der Waals surface area (Å²) in [6.45, 7) is 1.55. The van der Waals surface area contributed by atoms with Crippen molar-refractivity contribution >= 4 is 68.4 Å². The number of hydrogen-bond acceptors (Lipinski definition) is 7. The second kappa shape index (κ2) is 10.2. The number of esters is 1. The van der Waals surface area contributed by atoms with Gasteiger partial charge in [-0.05, 0) is 76.6 Å². The molecule has 1 heterocycles. The highest BCUT2D eigenvalue weighted by molar-refractivity contribution is 9.10. The molecule has 1 aliphatic heterocycles. The Hall–Kier alpha value is -2.82. The molecular formula is C21H16BrClN2O6S. The minimum Gasteiger partial charge on any atom is -0.490 e. The van der Waals surface area contributed by atoms with Gasteiger partial charge in [-0.3, -0.25) is 19.3 Å². The first-order valence-electron chi connectivity index (χ1n) is 9.17. The molecule has 1 fully saturated rings. The van der Waals surface area contributed by atoms with Gasteiger partial charge in [-0.1, -0.05) is 17.7 Å². The molecule has 0 radical (unpaired) electrons. The maximum atomic E-state index is 12.5. The molecule has 2 aromatic rings. The van der Waals surface area contributed by atoms with Crippen LogP contribution in [0.1, 0.15) is 22.8 Å². The molecule has 11 heteroatoms. The van der Waals surface area contributed by atoms with E-state index < -0.39 is 29.6 Å². The Morgan fingerprint density at radius 3 is 2.66 bits per heavy atom. The van der Waals surface area contributed by atoms with E-state index in [0.29, 0.717) is 26.8 Å². The van der Waals surface area contributed by atoms with Crippen LogP contribution in [0.25, 0.3) is 6.08 Å². The van der Waals surface area contributed by atoms with Gasteiger partial charge in [0.15, 0.2) is 11.5 Å². The lowest BCUT2D eigenvalue weighted by molar-refractivity contribution is -0.127. The molecular weight excluding hydrogens is 524 g/mol. The first kappa shape index (κ1) is 23.8. The zero-order chi connectivity index (χ0) is 23.4. The van der Waals surface area contributed by atoms with Crippen molar-refractivity contribution in [3.63, 3.8) is 0 Å². The zero-order valence-electron chi connectivity index (χ0n) is 16.6. The van der Waals surface area contributed by atoms with E-state index in [1.54, 1.807) is 37.3 Å². The number of imide groups is 1. The van der Waals surface area contributed by atoms with Crippen LogP contribution in [-0.4, -0.2) is 41.1 Å². The highest BCUT2D eigenvalue weighted by atomic mass is 79.9. The van der Waals surface area contributed by atoms with Crippen LogP contribution < -0.4 is 15.2 Å². The molecule has 0 spiro atoms. The van der Waals surface area contributed by atoms with Gasteiger partial charge in [-0.2, -0.15) is 0 Å². The molecule has 3 amide bonds. The summed E-state index contributed by atoms with van der Waals surface area (Å²) in [4.78, 5) is 49.0. The Kier molecular flexibility index (Phi) is 7.60. The fourth-order valence-electron chi connectivity index (χ4n) is 2.74. The second-order valence-corrected chi connectivity index (χ2v) is 8.68. The zero-order valence-corrected chi connectivity index (χ0v) is 19.8. The van der Waals surface area contributed by atoms with Crippen molar-refractivity contribution in [2.75, 3.05) is 13.2 Å². The number of nitrogens with zero attached hydrogens (tertiary/aromatic N) is 1. The number of thioether (sulfide) groups is 1. The van der Waals surface area contributed by atoms with E-state index in [2.05, 4.69) is 15.9 Å². The van der Waals surface area contributed by atoms with Gasteiger partial charge in [0.2, 0.25) is 5.91 Å². The van der Waals surface area contributed by atoms with E-state index in [-0.39, 0.29) is 28.6 Å². The summed E-state index contributed by atoms with van der Waals surface area (Å²) in [5.74, 6) is -1.64. The second-order valence-electron chi connectivity index (χ2n) is 6.40. The van der Waals surface area contributed by atoms with Crippen LogP contribution in [0.5, 0.6) is 11.5 Å². The van der Waals surface area contributed by atoms with Crippen molar-refractivity contribution in [3.05, 3.63) is 61.9 Å². The average molecular weight is 540 g/mol. The van der Waals surface area contributed by atoms with Gasteiger partial charge in [0.25, 0.3) is 11.1 Å². The van der Waals surface area contributed by atoms with Gasteiger partial charge in [-0.15, -0.1) is 0 Å². The van der Waals surface area contributed by atoms with Crippen molar-refractivity contribution in [2.24, 2.45) is 5.73 Å². The number of hydrogen-bond donors (Lipinski definition) is 1. The van der Waals surface area contributed by atoms with Crippen LogP contribution in [-0.2, 0) is 9.59 Å².